The summed E-state index contributed by atoms with van der Waals surface area (Å²) in [6, 6.07) is 0. The summed E-state index contributed by atoms with van der Waals surface area (Å²) < 4.78 is 1.87. The monoisotopic (exact) mass is 221 g/mol. The molecule has 0 saturated heterocycles. The molecule has 1 aromatic heterocycles. The molecule has 4 nitrogen and oxygen atoms in total. The lowest BCUT2D eigenvalue weighted by molar-refractivity contribution is 0.101. The summed E-state index contributed by atoms with van der Waals surface area (Å²) in [5.41, 5.74) is 0. The molecule has 2 aliphatic rings. The number of aliphatic hydroxyl groups excluding tert-OH is 1. The molecule has 0 bridgehead atoms. The molecule has 0 aliphatic heterocycles. The molecule has 4 heteroatoms. The predicted molar refractivity (Wildman–Crippen MR) is 59.7 cm³/mol. The van der Waals surface area contributed by atoms with Gasteiger partial charge >= 0.3 is 0 Å². The van der Waals surface area contributed by atoms with E-state index in [0.717, 1.165) is 24.2 Å². The van der Waals surface area contributed by atoms with E-state index in [0.29, 0.717) is 12.3 Å². The first kappa shape index (κ1) is 10.3. The van der Waals surface area contributed by atoms with Gasteiger partial charge in [0.25, 0.3) is 0 Å². The second-order valence-electron chi connectivity index (χ2n) is 5.25. The molecule has 3 atom stereocenters. The Morgan fingerprint density at radius 2 is 2.19 bits per heavy atom. The van der Waals surface area contributed by atoms with Gasteiger partial charge in [-0.2, -0.15) is 5.10 Å². The molecule has 0 radical (unpaired) electrons. The molecule has 0 amide bonds. The van der Waals surface area contributed by atoms with Crippen LogP contribution < -0.4 is 0 Å². The van der Waals surface area contributed by atoms with Crippen LogP contribution in [-0.4, -0.2) is 26.0 Å². The molecule has 1 heterocycles. The highest BCUT2D eigenvalue weighted by molar-refractivity contribution is 5.00. The lowest BCUT2D eigenvalue weighted by atomic mass is 9.94. The SMILES string of the molecule is CCn1ncnc1CC(O)C1CC2CC2C1. The van der Waals surface area contributed by atoms with Gasteiger partial charge in [0.15, 0.2) is 0 Å². The van der Waals surface area contributed by atoms with Crippen LogP contribution in [0.25, 0.3) is 0 Å². The highest BCUT2D eigenvalue weighted by Crippen LogP contribution is 2.55. The Balaban J connectivity index is 1.61. The van der Waals surface area contributed by atoms with Gasteiger partial charge in [0.2, 0.25) is 0 Å². The molecule has 3 rings (SSSR count). The van der Waals surface area contributed by atoms with Crippen molar-refractivity contribution in [1.29, 1.82) is 0 Å². The smallest absolute Gasteiger partial charge is 0.138 e. The number of nitrogens with zero attached hydrogens (tertiary/aromatic N) is 3. The van der Waals surface area contributed by atoms with Gasteiger partial charge in [0, 0.05) is 13.0 Å². The van der Waals surface area contributed by atoms with Crippen LogP contribution in [0.3, 0.4) is 0 Å². The average molecular weight is 221 g/mol. The first-order valence-corrected chi connectivity index (χ1v) is 6.32. The van der Waals surface area contributed by atoms with Crippen LogP contribution in [0.2, 0.25) is 0 Å². The quantitative estimate of drug-likeness (QED) is 0.832. The van der Waals surface area contributed by atoms with Crippen molar-refractivity contribution in [3.63, 3.8) is 0 Å². The maximum atomic E-state index is 10.2. The summed E-state index contributed by atoms with van der Waals surface area (Å²) in [4.78, 5) is 4.22. The summed E-state index contributed by atoms with van der Waals surface area (Å²) in [7, 11) is 0. The highest BCUT2D eigenvalue weighted by atomic mass is 16.3. The van der Waals surface area contributed by atoms with Gasteiger partial charge in [0.05, 0.1) is 6.10 Å². The van der Waals surface area contributed by atoms with Crippen molar-refractivity contribution in [2.24, 2.45) is 17.8 Å². The van der Waals surface area contributed by atoms with E-state index >= 15 is 0 Å². The number of rotatable bonds is 4. The van der Waals surface area contributed by atoms with Gasteiger partial charge in [-0.3, -0.25) is 4.68 Å². The molecule has 16 heavy (non-hydrogen) atoms. The number of aromatic nitrogens is 3. The zero-order valence-corrected chi connectivity index (χ0v) is 9.71. The van der Waals surface area contributed by atoms with Crippen molar-refractivity contribution in [3.8, 4) is 0 Å². The van der Waals surface area contributed by atoms with E-state index in [1.165, 1.54) is 19.3 Å². The first-order chi connectivity index (χ1) is 7.78. The van der Waals surface area contributed by atoms with E-state index in [1.807, 2.05) is 4.68 Å². The Morgan fingerprint density at radius 1 is 1.44 bits per heavy atom. The standard InChI is InChI=1S/C12H19N3O/c1-2-15-12(13-7-14-15)6-11(16)10-4-8-3-9(8)5-10/h7-11,16H,2-6H2,1H3. The summed E-state index contributed by atoms with van der Waals surface area (Å²) in [6.45, 7) is 2.88. The third kappa shape index (κ3) is 1.75. The van der Waals surface area contributed by atoms with E-state index < -0.39 is 0 Å². The summed E-state index contributed by atoms with van der Waals surface area (Å²) in [5, 5.41) is 14.3. The minimum absolute atomic E-state index is 0.220. The van der Waals surface area contributed by atoms with Crippen molar-refractivity contribution < 1.29 is 5.11 Å². The van der Waals surface area contributed by atoms with E-state index in [9.17, 15) is 5.11 Å². The van der Waals surface area contributed by atoms with E-state index in [4.69, 9.17) is 0 Å². The number of hydrogen-bond donors (Lipinski definition) is 1. The molecule has 3 unspecified atom stereocenters. The molecular weight excluding hydrogens is 202 g/mol. The number of aliphatic hydroxyl groups is 1. The largest absolute Gasteiger partial charge is 0.392 e. The fraction of sp³-hybridized carbons (Fsp3) is 0.833. The van der Waals surface area contributed by atoms with Crippen LogP contribution >= 0.6 is 0 Å². The Hall–Kier alpha value is -0.900. The maximum absolute atomic E-state index is 10.2. The predicted octanol–water partition coefficient (Wildman–Crippen LogP) is 1.25. The molecule has 1 aromatic rings. The summed E-state index contributed by atoms with van der Waals surface area (Å²) >= 11 is 0. The second kappa shape index (κ2) is 3.84. The van der Waals surface area contributed by atoms with Crippen LogP contribution in [0, 0.1) is 17.8 Å². The summed E-state index contributed by atoms with van der Waals surface area (Å²) in [5.74, 6) is 3.30. The van der Waals surface area contributed by atoms with Crippen molar-refractivity contribution in [1.82, 2.24) is 14.8 Å². The molecule has 1 N–H and O–H groups in total. The molecule has 2 aliphatic carbocycles. The second-order valence-corrected chi connectivity index (χ2v) is 5.25. The fourth-order valence-corrected chi connectivity index (χ4v) is 3.14. The average Bonchev–Trinajstić information content (AvgIpc) is 2.75. The first-order valence-electron chi connectivity index (χ1n) is 6.32. The normalized spacial score (nSPS) is 33.8. The van der Waals surface area contributed by atoms with E-state index in [1.54, 1.807) is 6.33 Å². The van der Waals surface area contributed by atoms with Crippen LogP contribution in [0.1, 0.15) is 32.0 Å². The van der Waals surface area contributed by atoms with Crippen LogP contribution in [0.5, 0.6) is 0 Å². The molecule has 2 fully saturated rings. The lowest BCUT2D eigenvalue weighted by Gasteiger charge is -2.19. The fourth-order valence-electron chi connectivity index (χ4n) is 3.14. The topological polar surface area (TPSA) is 50.9 Å². The minimum Gasteiger partial charge on any atom is -0.392 e. The van der Waals surface area contributed by atoms with Gasteiger partial charge < -0.3 is 5.11 Å². The minimum atomic E-state index is -0.220. The van der Waals surface area contributed by atoms with E-state index in [2.05, 4.69) is 17.0 Å². The van der Waals surface area contributed by atoms with Crippen LogP contribution in [0.4, 0.5) is 0 Å². The molecule has 0 aromatic carbocycles. The highest BCUT2D eigenvalue weighted by Gasteiger charge is 2.47. The number of fused-ring (bicyclic) bond motifs is 1. The van der Waals surface area contributed by atoms with Crippen molar-refractivity contribution in [2.45, 2.75) is 45.3 Å². The van der Waals surface area contributed by atoms with Gasteiger partial charge in [-0.25, -0.2) is 4.98 Å². The summed E-state index contributed by atoms with van der Waals surface area (Å²) in [6.07, 6.45) is 5.89. The third-order valence-corrected chi connectivity index (χ3v) is 4.21. The lowest BCUT2D eigenvalue weighted by Crippen LogP contribution is -2.23. The van der Waals surface area contributed by atoms with Crippen LogP contribution in [0.15, 0.2) is 6.33 Å². The van der Waals surface area contributed by atoms with Gasteiger partial charge in [-0.15, -0.1) is 0 Å². The number of hydrogen-bond acceptors (Lipinski definition) is 3. The van der Waals surface area contributed by atoms with Crippen molar-refractivity contribution in [3.05, 3.63) is 12.2 Å². The van der Waals surface area contributed by atoms with Crippen molar-refractivity contribution in [2.75, 3.05) is 0 Å². The molecule has 2 saturated carbocycles. The molecule has 88 valence electrons. The van der Waals surface area contributed by atoms with Crippen molar-refractivity contribution >= 4 is 0 Å². The number of aryl methyl sites for hydroxylation is 1. The Labute approximate surface area is 95.7 Å². The van der Waals surface area contributed by atoms with Gasteiger partial charge in [0.1, 0.15) is 12.2 Å². The molecular formula is C12H19N3O. The van der Waals surface area contributed by atoms with Gasteiger partial charge in [-0.1, -0.05) is 0 Å². The van der Waals surface area contributed by atoms with E-state index in [-0.39, 0.29) is 6.10 Å². The zero-order valence-electron chi connectivity index (χ0n) is 9.71. The molecule has 0 spiro atoms. The maximum Gasteiger partial charge on any atom is 0.138 e. The Morgan fingerprint density at radius 3 is 2.88 bits per heavy atom. The Bertz CT molecular complexity index is 366. The third-order valence-electron chi connectivity index (χ3n) is 4.21. The van der Waals surface area contributed by atoms with Gasteiger partial charge in [-0.05, 0) is 43.9 Å². The zero-order chi connectivity index (χ0) is 11.1. The van der Waals surface area contributed by atoms with Crippen LogP contribution in [-0.2, 0) is 13.0 Å². The Kier molecular flexibility index (Phi) is 2.46.